The summed E-state index contributed by atoms with van der Waals surface area (Å²) in [6.07, 6.45) is 4.83. The molecule has 8 nitrogen and oxygen atoms in total. The number of carbonyl (C=O) groups is 1. The number of hydrogen-bond acceptors (Lipinski definition) is 5. The van der Waals surface area contributed by atoms with Crippen molar-refractivity contribution >= 4 is 15.9 Å². The predicted octanol–water partition coefficient (Wildman–Crippen LogP) is 1.46. The first-order chi connectivity index (χ1) is 12.8. The van der Waals surface area contributed by atoms with Gasteiger partial charge < -0.3 is 5.32 Å². The van der Waals surface area contributed by atoms with E-state index in [1.165, 1.54) is 18.3 Å². The molecule has 0 saturated heterocycles. The number of hydrogen-bond donors (Lipinski definition) is 2. The van der Waals surface area contributed by atoms with Crippen molar-refractivity contribution in [2.75, 3.05) is 0 Å². The van der Waals surface area contributed by atoms with E-state index in [9.17, 15) is 13.2 Å². The van der Waals surface area contributed by atoms with Crippen LogP contribution in [-0.2, 0) is 16.6 Å². The van der Waals surface area contributed by atoms with Crippen molar-refractivity contribution in [3.05, 3.63) is 71.3 Å². The summed E-state index contributed by atoms with van der Waals surface area (Å²) in [5.74, 6) is -0.261. The van der Waals surface area contributed by atoms with Crippen LogP contribution in [0.4, 0.5) is 0 Å². The summed E-state index contributed by atoms with van der Waals surface area (Å²) in [5.41, 5.74) is 3.52. The largest absolute Gasteiger partial charge is 0.348 e. The summed E-state index contributed by atoms with van der Waals surface area (Å²) in [4.78, 5) is 16.5. The normalized spacial score (nSPS) is 11.4. The van der Waals surface area contributed by atoms with E-state index in [1.807, 2.05) is 6.92 Å². The molecular weight excluding hydrogens is 366 g/mol. The molecule has 0 atom stereocenters. The van der Waals surface area contributed by atoms with Crippen LogP contribution in [0.25, 0.3) is 5.69 Å². The van der Waals surface area contributed by atoms with Gasteiger partial charge in [-0.15, -0.1) is 0 Å². The van der Waals surface area contributed by atoms with Gasteiger partial charge in [-0.05, 0) is 49.2 Å². The highest BCUT2D eigenvalue weighted by atomic mass is 32.2. The molecule has 3 aromatic rings. The molecule has 0 aliphatic heterocycles. The van der Waals surface area contributed by atoms with Gasteiger partial charge in [-0.3, -0.25) is 9.78 Å². The van der Waals surface area contributed by atoms with Crippen molar-refractivity contribution in [2.45, 2.75) is 25.3 Å². The first-order valence-corrected chi connectivity index (χ1v) is 9.67. The number of aryl methyl sites for hydroxylation is 1. The van der Waals surface area contributed by atoms with Crippen molar-refractivity contribution in [1.29, 1.82) is 0 Å². The molecule has 0 spiro atoms. The Balaban J connectivity index is 1.75. The van der Waals surface area contributed by atoms with Crippen LogP contribution in [0.5, 0.6) is 0 Å². The third kappa shape index (κ3) is 4.04. The number of nitrogens with one attached hydrogen (secondary N) is 1. The van der Waals surface area contributed by atoms with Gasteiger partial charge in [0.1, 0.15) is 0 Å². The molecule has 2 heterocycles. The molecule has 0 unspecified atom stereocenters. The van der Waals surface area contributed by atoms with Crippen LogP contribution in [0.2, 0.25) is 0 Å². The van der Waals surface area contributed by atoms with E-state index >= 15 is 0 Å². The first kappa shape index (κ1) is 18.7. The molecule has 0 saturated carbocycles. The molecule has 9 heteroatoms. The SMILES string of the molecule is Cc1cc(S(N)(=O)=O)ccc1CNC(=O)c1cnn(-c2ccncc2)c1C. The molecule has 3 rings (SSSR count). The quantitative estimate of drug-likeness (QED) is 0.689. The topological polar surface area (TPSA) is 120 Å². The van der Waals surface area contributed by atoms with Crippen molar-refractivity contribution in [3.8, 4) is 5.69 Å². The van der Waals surface area contributed by atoms with Crippen molar-refractivity contribution in [2.24, 2.45) is 5.14 Å². The van der Waals surface area contributed by atoms with Gasteiger partial charge in [0.2, 0.25) is 10.0 Å². The maximum Gasteiger partial charge on any atom is 0.255 e. The Kier molecular flexibility index (Phi) is 5.06. The number of nitrogens with zero attached hydrogens (tertiary/aromatic N) is 3. The van der Waals surface area contributed by atoms with Crippen LogP contribution in [0.3, 0.4) is 0 Å². The van der Waals surface area contributed by atoms with E-state index < -0.39 is 10.0 Å². The van der Waals surface area contributed by atoms with Crippen LogP contribution in [0.15, 0.2) is 53.8 Å². The highest BCUT2D eigenvalue weighted by Crippen LogP contribution is 2.16. The maximum atomic E-state index is 12.5. The third-order valence-corrected chi connectivity index (χ3v) is 5.15. The molecule has 140 valence electrons. The van der Waals surface area contributed by atoms with Crippen LogP contribution < -0.4 is 10.5 Å². The smallest absolute Gasteiger partial charge is 0.255 e. The van der Waals surface area contributed by atoms with Crippen LogP contribution in [0.1, 0.15) is 27.2 Å². The van der Waals surface area contributed by atoms with Gasteiger partial charge in [-0.25, -0.2) is 18.2 Å². The van der Waals surface area contributed by atoms with Gasteiger partial charge in [0, 0.05) is 18.9 Å². The fourth-order valence-electron chi connectivity index (χ4n) is 2.69. The summed E-state index contributed by atoms with van der Waals surface area (Å²) < 4.78 is 24.5. The average molecular weight is 385 g/mol. The first-order valence-electron chi connectivity index (χ1n) is 8.13. The Morgan fingerprint density at radius 3 is 2.52 bits per heavy atom. The Morgan fingerprint density at radius 1 is 1.19 bits per heavy atom. The molecule has 1 amide bonds. The predicted molar refractivity (Wildman–Crippen MR) is 99.8 cm³/mol. The lowest BCUT2D eigenvalue weighted by atomic mass is 10.1. The van der Waals surface area contributed by atoms with Gasteiger partial charge in [0.25, 0.3) is 5.91 Å². The van der Waals surface area contributed by atoms with Crippen LogP contribution in [0, 0.1) is 13.8 Å². The highest BCUT2D eigenvalue weighted by molar-refractivity contribution is 7.89. The lowest BCUT2D eigenvalue weighted by Crippen LogP contribution is -2.24. The maximum absolute atomic E-state index is 12.5. The zero-order valence-electron chi connectivity index (χ0n) is 14.9. The molecule has 0 aliphatic rings. The molecule has 0 aliphatic carbocycles. The summed E-state index contributed by atoms with van der Waals surface area (Å²) in [7, 11) is -3.75. The lowest BCUT2D eigenvalue weighted by Gasteiger charge is -2.10. The summed E-state index contributed by atoms with van der Waals surface area (Å²) >= 11 is 0. The van der Waals surface area contributed by atoms with Gasteiger partial charge in [-0.2, -0.15) is 5.10 Å². The number of carbonyl (C=O) groups excluding carboxylic acids is 1. The lowest BCUT2D eigenvalue weighted by molar-refractivity contribution is 0.0950. The van der Waals surface area contributed by atoms with E-state index in [1.54, 1.807) is 42.2 Å². The van der Waals surface area contributed by atoms with Gasteiger partial charge in [0.05, 0.1) is 28.0 Å². The zero-order chi connectivity index (χ0) is 19.6. The fourth-order valence-corrected chi connectivity index (χ4v) is 3.29. The fraction of sp³-hybridized carbons (Fsp3) is 0.167. The standard InChI is InChI=1S/C18H19N5O3S/c1-12-9-16(27(19,25)26)4-3-14(12)10-21-18(24)17-11-22-23(13(17)2)15-5-7-20-8-6-15/h3-9,11H,10H2,1-2H3,(H,21,24)(H2,19,25,26). The second-order valence-electron chi connectivity index (χ2n) is 6.08. The number of aromatic nitrogens is 3. The molecule has 2 aromatic heterocycles. The van der Waals surface area contributed by atoms with Gasteiger partial charge in [-0.1, -0.05) is 6.07 Å². The monoisotopic (exact) mass is 385 g/mol. The molecule has 0 fully saturated rings. The highest BCUT2D eigenvalue weighted by Gasteiger charge is 2.16. The minimum atomic E-state index is -3.75. The molecule has 1 aromatic carbocycles. The summed E-state index contributed by atoms with van der Waals surface area (Å²) in [6, 6.07) is 8.17. The molecular formula is C18H19N5O3S. The minimum absolute atomic E-state index is 0.0459. The van der Waals surface area contributed by atoms with Crippen LogP contribution in [-0.4, -0.2) is 29.1 Å². The van der Waals surface area contributed by atoms with Crippen molar-refractivity contribution in [3.63, 3.8) is 0 Å². The van der Waals surface area contributed by atoms with Gasteiger partial charge in [0.15, 0.2) is 0 Å². The Bertz CT molecular complexity index is 1090. The minimum Gasteiger partial charge on any atom is -0.348 e. The second-order valence-corrected chi connectivity index (χ2v) is 7.64. The van der Waals surface area contributed by atoms with E-state index in [0.717, 1.165) is 16.8 Å². The number of benzene rings is 1. The van der Waals surface area contributed by atoms with Crippen molar-refractivity contribution < 1.29 is 13.2 Å². The van der Waals surface area contributed by atoms with E-state index in [-0.39, 0.29) is 17.3 Å². The number of rotatable bonds is 5. The average Bonchev–Trinajstić information content (AvgIpc) is 3.02. The number of primary sulfonamides is 1. The molecule has 27 heavy (non-hydrogen) atoms. The molecule has 0 bridgehead atoms. The molecule has 3 N–H and O–H groups in total. The number of amides is 1. The zero-order valence-corrected chi connectivity index (χ0v) is 15.7. The Hall–Kier alpha value is -3.04. The van der Waals surface area contributed by atoms with Crippen molar-refractivity contribution in [1.82, 2.24) is 20.1 Å². The second kappa shape index (κ2) is 7.29. The van der Waals surface area contributed by atoms with Gasteiger partial charge >= 0.3 is 0 Å². The summed E-state index contributed by atoms with van der Waals surface area (Å²) in [6.45, 7) is 3.84. The Morgan fingerprint density at radius 2 is 1.89 bits per heavy atom. The third-order valence-electron chi connectivity index (χ3n) is 4.24. The number of pyridine rings is 1. The number of sulfonamides is 1. The Labute approximate surface area is 157 Å². The van der Waals surface area contributed by atoms with E-state index in [2.05, 4.69) is 15.4 Å². The molecule has 0 radical (unpaired) electrons. The summed E-state index contributed by atoms with van der Waals surface area (Å²) in [5, 5.41) is 12.2. The van der Waals surface area contributed by atoms with E-state index in [0.29, 0.717) is 11.3 Å². The number of nitrogens with two attached hydrogens (primary N) is 1. The van der Waals surface area contributed by atoms with Crippen LogP contribution >= 0.6 is 0 Å². The van der Waals surface area contributed by atoms with E-state index in [4.69, 9.17) is 5.14 Å².